The Hall–Kier alpha value is -1.96. The second kappa shape index (κ2) is 14.1. The molecule has 4 aliphatic heterocycles. The molecule has 216 valence electrons. The highest BCUT2D eigenvalue weighted by atomic mass is 16.5. The van der Waals surface area contributed by atoms with E-state index in [-0.39, 0.29) is 11.8 Å². The molecule has 7 heteroatoms. The molecule has 0 N–H and O–H groups in total. The predicted octanol–water partition coefficient (Wildman–Crippen LogP) is 5.08. The first-order valence-corrected chi connectivity index (χ1v) is 15.9. The molecule has 1 aromatic carbocycles. The maximum atomic E-state index is 14.0. The summed E-state index contributed by atoms with van der Waals surface area (Å²) in [6.45, 7) is 10.1. The molecule has 7 nitrogen and oxygen atoms in total. The normalized spacial score (nSPS) is 25.1. The van der Waals surface area contributed by atoms with E-state index in [2.05, 4.69) is 26.8 Å². The fraction of sp³-hybridized carbons (Fsp3) is 0.750. The third-order valence-corrected chi connectivity index (χ3v) is 9.46. The highest BCUT2D eigenvalue weighted by Gasteiger charge is 2.31. The predicted molar refractivity (Wildman–Crippen MR) is 156 cm³/mol. The molecule has 0 saturated carbocycles. The van der Waals surface area contributed by atoms with Gasteiger partial charge in [-0.05, 0) is 101 Å². The van der Waals surface area contributed by atoms with E-state index in [1.54, 1.807) is 6.92 Å². The molecule has 3 fully saturated rings. The monoisotopic (exact) mass is 538 g/mol. The number of piperidine rings is 1. The molecule has 3 saturated heterocycles. The van der Waals surface area contributed by atoms with Crippen molar-refractivity contribution >= 4 is 17.5 Å². The minimum absolute atomic E-state index is 0.0895. The van der Waals surface area contributed by atoms with Crippen LogP contribution in [0, 0.1) is 0 Å². The highest BCUT2D eigenvalue weighted by Crippen LogP contribution is 2.30. The minimum Gasteiger partial charge on any atom is -0.381 e. The van der Waals surface area contributed by atoms with Crippen LogP contribution in [0.15, 0.2) is 18.2 Å². The van der Waals surface area contributed by atoms with Crippen LogP contribution in [0.2, 0.25) is 0 Å². The Kier molecular flexibility index (Phi) is 10.3. The van der Waals surface area contributed by atoms with E-state index in [0.717, 1.165) is 101 Å². The molecule has 5 rings (SSSR count). The lowest BCUT2D eigenvalue weighted by atomic mass is 9.98. The maximum Gasteiger partial charge on any atom is 0.254 e. The zero-order valence-electron chi connectivity index (χ0n) is 24.2. The molecule has 0 spiro atoms. The number of fused-ring (bicyclic) bond motifs is 1. The van der Waals surface area contributed by atoms with Gasteiger partial charge in [0.25, 0.3) is 5.91 Å². The van der Waals surface area contributed by atoms with Crippen LogP contribution in [-0.4, -0.2) is 91.1 Å². The zero-order chi connectivity index (χ0) is 27.0. The van der Waals surface area contributed by atoms with Gasteiger partial charge >= 0.3 is 0 Å². The molecule has 1 atom stereocenters. The van der Waals surface area contributed by atoms with Crippen molar-refractivity contribution in [1.82, 2.24) is 14.7 Å². The molecule has 0 aliphatic carbocycles. The maximum absolute atomic E-state index is 14.0. The van der Waals surface area contributed by atoms with E-state index in [1.807, 2.05) is 11.0 Å². The number of ether oxygens (including phenoxy) is 1. The lowest BCUT2D eigenvalue weighted by Gasteiger charge is -2.38. The Morgan fingerprint density at radius 2 is 1.51 bits per heavy atom. The van der Waals surface area contributed by atoms with Crippen molar-refractivity contribution in [2.24, 2.45) is 0 Å². The molecule has 1 aromatic rings. The molecule has 2 amide bonds. The van der Waals surface area contributed by atoms with Gasteiger partial charge in [-0.3, -0.25) is 14.5 Å². The molecule has 0 bridgehead atoms. The van der Waals surface area contributed by atoms with E-state index < -0.39 is 0 Å². The molecular weight excluding hydrogens is 488 g/mol. The Morgan fingerprint density at radius 3 is 2.28 bits per heavy atom. The first-order valence-electron chi connectivity index (χ1n) is 15.9. The number of likely N-dealkylation sites (tertiary alicyclic amines) is 2. The number of carbonyl (C=O) groups excluding carboxylic acids is 2. The molecule has 4 aliphatic rings. The van der Waals surface area contributed by atoms with E-state index >= 15 is 0 Å². The summed E-state index contributed by atoms with van der Waals surface area (Å²) in [4.78, 5) is 36.2. The number of benzene rings is 1. The Balaban J connectivity index is 1.44. The van der Waals surface area contributed by atoms with Crippen LogP contribution < -0.4 is 4.90 Å². The summed E-state index contributed by atoms with van der Waals surface area (Å²) in [5.41, 5.74) is 2.89. The summed E-state index contributed by atoms with van der Waals surface area (Å²) in [6, 6.07) is 6.98. The topological polar surface area (TPSA) is 56.3 Å². The largest absolute Gasteiger partial charge is 0.381 e. The van der Waals surface area contributed by atoms with E-state index in [9.17, 15) is 9.59 Å². The minimum atomic E-state index is 0.0895. The Bertz CT molecular complexity index is 957. The fourth-order valence-electron chi connectivity index (χ4n) is 7.22. The lowest BCUT2D eigenvalue weighted by molar-refractivity contribution is -0.116. The molecule has 1 unspecified atom stereocenters. The van der Waals surface area contributed by atoms with Gasteiger partial charge in [-0.1, -0.05) is 19.3 Å². The summed E-state index contributed by atoms with van der Waals surface area (Å²) in [7, 11) is 0. The Labute approximate surface area is 235 Å². The van der Waals surface area contributed by atoms with Gasteiger partial charge in [0.2, 0.25) is 5.91 Å². The average Bonchev–Trinajstić information content (AvgIpc) is 3.46. The second-order valence-corrected chi connectivity index (χ2v) is 12.3. The van der Waals surface area contributed by atoms with Gasteiger partial charge < -0.3 is 19.4 Å². The van der Waals surface area contributed by atoms with Crippen molar-refractivity contribution in [1.29, 1.82) is 0 Å². The van der Waals surface area contributed by atoms with Gasteiger partial charge in [0.15, 0.2) is 0 Å². The summed E-state index contributed by atoms with van der Waals surface area (Å²) in [5.74, 6) is 0.256. The van der Waals surface area contributed by atoms with Gasteiger partial charge in [0.05, 0.1) is 0 Å². The van der Waals surface area contributed by atoms with Crippen LogP contribution in [0.1, 0.15) is 99.9 Å². The van der Waals surface area contributed by atoms with Gasteiger partial charge in [-0.15, -0.1) is 0 Å². The van der Waals surface area contributed by atoms with Crippen molar-refractivity contribution in [3.8, 4) is 0 Å². The average molecular weight is 539 g/mol. The zero-order valence-corrected chi connectivity index (χ0v) is 24.2. The van der Waals surface area contributed by atoms with Gasteiger partial charge in [-0.25, -0.2) is 0 Å². The van der Waals surface area contributed by atoms with Crippen LogP contribution >= 0.6 is 0 Å². The van der Waals surface area contributed by atoms with E-state index in [0.29, 0.717) is 12.1 Å². The number of anilines is 1. The molecule has 4 heterocycles. The molecule has 0 radical (unpaired) electrons. The van der Waals surface area contributed by atoms with Crippen LogP contribution in [0.4, 0.5) is 5.69 Å². The van der Waals surface area contributed by atoms with Gasteiger partial charge in [0, 0.05) is 69.7 Å². The third kappa shape index (κ3) is 7.42. The Morgan fingerprint density at radius 1 is 0.821 bits per heavy atom. The fourth-order valence-corrected chi connectivity index (χ4v) is 7.22. The van der Waals surface area contributed by atoms with Gasteiger partial charge in [-0.2, -0.15) is 0 Å². The van der Waals surface area contributed by atoms with Crippen LogP contribution in [0.5, 0.6) is 0 Å². The van der Waals surface area contributed by atoms with Crippen molar-refractivity contribution < 1.29 is 14.3 Å². The first kappa shape index (κ1) is 28.6. The highest BCUT2D eigenvalue weighted by molar-refractivity contribution is 5.97. The number of hydrogen-bond acceptors (Lipinski definition) is 5. The smallest absolute Gasteiger partial charge is 0.254 e. The standard InChI is InChI=1S/C32H50N4O3/c1-26(37)35-19-7-4-2-3-6-18-34(29-14-21-39-22-15-29)24-28-23-27(12-13-31(28)35)32(38)36-20-8-5-11-30(36)25-33-16-9-10-17-33/h12-13,23,29-30H,2-11,14-22,24-25H2,1H3. The van der Waals surface area contributed by atoms with Crippen molar-refractivity contribution in [2.75, 3.05) is 57.4 Å². The number of nitrogens with zero attached hydrogens (tertiary/aromatic N) is 4. The number of amides is 2. The summed E-state index contributed by atoms with van der Waals surface area (Å²) >= 11 is 0. The summed E-state index contributed by atoms with van der Waals surface area (Å²) in [5, 5.41) is 0. The number of hydrogen-bond donors (Lipinski definition) is 0. The van der Waals surface area contributed by atoms with Crippen LogP contribution in [-0.2, 0) is 16.1 Å². The quantitative estimate of drug-likeness (QED) is 0.536. The summed E-state index contributed by atoms with van der Waals surface area (Å²) < 4.78 is 5.69. The SMILES string of the molecule is CC(=O)N1CCCCCCCN(C2CCOCC2)Cc2cc(C(=O)N3CCCCC3CN3CCCC3)ccc21. The van der Waals surface area contributed by atoms with E-state index in [4.69, 9.17) is 4.74 Å². The number of carbonyl (C=O) groups is 2. The van der Waals surface area contributed by atoms with Crippen LogP contribution in [0.25, 0.3) is 0 Å². The molecule has 39 heavy (non-hydrogen) atoms. The van der Waals surface area contributed by atoms with Crippen molar-refractivity contribution in [3.63, 3.8) is 0 Å². The number of rotatable bonds is 4. The first-order chi connectivity index (χ1) is 19.1. The van der Waals surface area contributed by atoms with Gasteiger partial charge in [0.1, 0.15) is 0 Å². The summed E-state index contributed by atoms with van der Waals surface area (Å²) in [6.07, 6.45) is 13.9. The second-order valence-electron chi connectivity index (χ2n) is 12.3. The van der Waals surface area contributed by atoms with Crippen LogP contribution in [0.3, 0.4) is 0 Å². The molecular formula is C32H50N4O3. The lowest BCUT2D eigenvalue weighted by Crippen LogP contribution is -2.49. The van der Waals surface area contributed by atoms with E-state index in [1.165, 1.54) is 51.6 Å². The van der Waals surface area contributed by atoms with Crippen molar-refractivity contribution in [2.45, 2.75) is 103 Å². The third-order valence-electron chi connectivity index (χ3n) is 9.46. The molecule has 0 aromatic heterocycles. The van der Waals surface area contributed by atoms with Crippen molar-refractivity contribution in [3.05, 3.63) is 29.3 Å².